The van der Waals surface area contributed by atoms with Gasteiger partial charge in [-0.3, -0.25) is 19.3 Å². The van der Waals surface area contributed by atoms with E-state index in [-0.39, 0.29) is 25.0 Å². The highest BCUT2D eigenvalue weighted by molar-refractivity contribution is 6.27. The molecule has 0 saturated carbocycles. The molecular formula is C54H70N4O14. The fourth-order valence-corrected chi connectivity index (χ4v) is 9.06. The molecule has 6 rings (SSSR count). The predicted octanol–water partition coefficient (Wildman–Crippen LogP) is 6.73. The Kier molecular flexibility index (Phi) is 22.6. The zero-order valence-corrected chi connectivity index (χ0v) is 42.6. The molecule has 4 aromatic carbocycles. The van der Waals surface area contributed by atoms with E-state index in [1.165, 1.54) is 49.3 Å². The Bertz CT molecular complexity index is 2200. The number of hydrogen-bond acceptors (Lipinski definition) is 14. The Morgan fingerprint density at radius 2 is 0.819 bits per heavy atom. The SMILES string of the molecule is COC(=O)C1(N(OCc2ccccc2OC)C(C)=O)CCN(CC(C)c2ccccc2)CC1.COC(=O)C1(N(OCc2ccccc2OC)C(C)=O)CCN(CC(C)c2ccccc2)CC1.O=C(O)C(=O)O. The minimum Gasteiger partial charge on any atom is -0.496 e. The molecule has 0 bridgehead atoms. The third-order valence-electron chi connectivity index (χ3n) is 12.9. The summed E-state index contributed by atoms with van der Waals surface area (Å²) in [5, 5.41) is 17.2. The minimum atomic E-state index is -1.82. The minimum absolute atomic E-state index is 0.108. The van der Waals surface area contributed by atoms with Crippen LogP contribution in [0.2, 0.25) is 0 Å². The summed E-state index contributed by atoms with van der Waals surface area (Å²) in [6.45, 7) is 11.9. The number of rotatable bonds is 18. The van der Waals surface area contributed by atoms with Crippen molar-refractivity contribution in [2.45, 2.75) is 89.5 Å². The first-order valence-corrected chi connectivity index (χ1v) is 23.8. The number of nitrogens with zero attached hydrogens (tertiary/aromatic N) is 4. The number of para-hydroxylation sites is 2. The molecule has 0 spiro atoms. The van der Waals surface area contributed by atoms with Gasteiger partial charge in [0, 0.05) is 64.2 Å². The number of methoxy groups -OCH3 is 4. The van der Waals surface area contributed by atoms with Crippen molar-refractivity contribution in [3.63, 3.8) is 0 Å². The van der Waals surface area contributed by atoms with Crippen LogP contribution in [0.25, 0.3) is 0 Å². The van der Waals surface area contributed by atoms with E-state index in [4.69, 9.17) is 48.4 Å². The number of carboxylic acids is 2. The summed E-state index contributed by atoms with van der Waals surface area (Å²) in [5.74, 6) is -3.16. The van der Waals surface area contributed by atoms with Crippen molar-refractivity contribution in [2.75, 3.05) is 67.7 Å². The number of hydroxylamine groups is 4. The molecular weight excluding hydrogens is 929 g/mol. The molecule has 0 aromatic heterocycles. The number of ether oxygens (including phenoxy) is 4. The molecule has 2 fully saturated rings. The maximum atomic E-state index is 13.0. The van der Waals surface area contributed by atoms with Gasteiger partial charge in [0.25, 0.3) is 0 Å². The number of hydrogen-bond donors (Lipinski definition) is 2. The highest BCUT2D eigenvalue weighted by atomic mass is 16.7. The Balaban J connectivity index is 0.000000281. The number of aliphatic carboxylic acids is 2. The maximum Gasteiger partial charge on any atom is 0.414 e. The normalized spacial score (nSPS) is 15.8. The van der Waals surface area contributed by atoms with E-state index >= 15 is 0 Å². The first kappa shape index (κ1) is 57.7. The molecule has 2 N–H and O–H groups in total. The molecule has 2 aliphatic heterocycles. The van der Waals surface area contributed by atoms with Crippen LogP contribution in [-0.4, -0.2) is 145 Å². The lowest BCUT2D eigenvalue weighted by Gasteiger charge is -2.45. The summed E-state index contributed by atoms with van der Waals surface area (Å²) in [6.07, 6.45) is 1.75. The van der Waals surface area contributed by atoms with Crippen molar-refractivity contribution in [1.29, 1.82) is 0 Å². The van der Waals surface area contributed by atoms with E-state index in [0.717, 1.165) is 24.2 Å². The summed E-state index contributed by atoms with van der Waals surface area (Å²) < 4.78 is 21.1. The molecule has 18 heteroatoms. The summed E-state index contributed by atoms with van der Waals surface area (Å²) in [5.41, 5.74) is 1.84. The van der Waals surface area contributed by atoms with Gasteiger partial charge in [0.2, 0.25) is 11.8 Å². The van der Waals surface area contributed by atoms with E-state index in [1.807, 2.05) is 84.9 Å². The van der Waals surface area contributed by atoms with Gasteiger partial charge in [-0.05, 0) is 60.8 Å². The lowest BCUT2D eigenvalue weighted by atomic mass is 9.86. The number of esters is 2. The third kappa shape index (κ3) is 15.6. The average Bonchev–Trinajstić information content (AvgIpc) is 3.40. The molecule has 2 heterocycles. The Morgan fingerprint density at radius 3 is 1.10 bits per heavy atom. The van der Waals surface area contributed by atoms with Crippen LogP contribution < -0.4 is 9.47 Å². The second-order valence-corrected chi connectivity index (χ2v) is 17.7. The van der Waals surface area contributed by atoms with Gasteiger partial charge in [-0.2, -0.15) is 0 Å². The largest absolute Gasteiger partial charge is 0.496 e. The Labute approximate surface area is 422 Å². The van der Waals surface area contributed by atoms with Gasteiger partial charge in [-0.15, -0.1) is 0 Å². The first-order valence-electron chi connectivity index (χ1n) is 23.8. The molecule has 2 saturated heterocycles. The summed E-state index contributed by atoms with van der Waals surface area (Å²) in [4.78, 5) is 86.0. The van der Waals surface area contributed by atoms with Crippen LogP contribution >= 0.6 is 0 Å². The molecule has 390 valence electrons. The lowest BCUT2D eigenvalue weighted by Crippen LogP contribution is -2.61. The number of carbonyl (C=O) groups is 6. The third-order valence-corrected chi connectivity index (χ3v) is 12.9. The number of amides is 2. The van der Waals surface area contributed by atoms with Crippen molar-refractivity contribution in [1.82, 2.24) is 19.9 Å². The lowest BCUT2D eigenvalue weighted by molar-refractivity contribution is -0.240. The van der Waals surface area contributed by atoms with Gasteiger partial charge < -0.3 is 39.0 Å². The summed E-state index contributed by atoms with van der Waals surface area (Å²) in [6, 6.07) is 35.7. The van der Waals surface area contributed by atoms with Crippen LogP contribution in [0.15, 0.2) is 109 Å². The van der Waals surface area contributed by atoms with Crippen LogP contribution in [0.5, 0.6) is 11.5 Å². The van der Waals surface area contributed by atoms with Crippen LogP contribution in [0.3, 0.4) is 0 Å². The molecule has 0 radical (unpaired) electrons. The van der Waals surface area contributed by atoms with Crippen molar-refractivity contribution >= 4 is 35.7 Å². The molecule has 72 heavy (non-hydrogen) atoms. The van der Waals surface area contributed by atoms with Gasteiger partial charge in [0.05, 0.1) is 28.4 Å². The smallest absolute Gasteiger partial charge is 0.414 e. The van der Waals surface area contributed by atoms with Crippen LogP contribution in [0, 0.1) is 0 Å². The van der Waals surface area contributed by atoms with Crippen molar-refractivity contribution < 1.29 is 67.6 Å². The van der Waals surface area contributed by atoms with Gasteiger partial charge >= 0.3 is 23.9 Å². The zero-order valence-electron chi connectivity index (χ0n) is 42.6. The number of benzene rings is 4. The highest BCUT2D eigenvalue weighted by Crippen LogP contribution is 2.35. The van der Waals surface area contributed by atoms with Crippen LogP contribution in [0.1, 0.15) is 87.5 Å². The topological polar surface area (TPSA) is 211 Å². The zero-order chi connectivity index (χ0) is 52.8. The van der Waals surface area contributed by atoms with Gasteiger partial charge in [0.1, 0.15) is 24.7 Å². The summed E-state index contributed by atoms with van der Waals surface area (Å²) in [7, 11) is 5.88. The molecule has 0 aliphatic carbocycles. The number of carboxylic acid groups (broad SMARTS) is 2. The second-order valence-electron chi connectivity index (χ2n) is 17.7. The van der Waals surface area contributed by atoms with E-state index in [1.54, 1.807) is 14.2 Å². The van der Waals surface area contributed by atoms with Crippen molar-refractivity contribution in [2.24, 2.45) is 0 Å². The summed E-state index contributed by atoms with van der Waals surface area (Å²) >= 11 is 0. The van der Waals surface area contributed by atoms with E-state index in [2.05, 4.69) is 47.9 Å². The fourth-order valence-electron chi connectivity index (χ4n) is 9.06. The molecule has 2 atom stereocenters. The van der Waals surface area contributed by atoms with Crippen molar-refractivity contribution in [3.05, 3.63) is 131 Å². The first-order chi connectivity index (χ1) is 34.5. The molecule has 2 amide bonds. The predicted molar refractivity (Wildman–Crippen MR) is 266 cm³/mol. The van der Waals surface area contributed by atoms with E-state index in [9.17, 15) is 19.2 Å². The van der Waals surface area contributed by atoms with Crippen LogP contribution in [0.4, 0.5) is 0 Å². The average molecular weight is 999 g/mol. The van der Waals surface area contributed by atoms with Gasteiger partial charge in [0.15, 0.2) is 11.1 Å². The van der Waals surface area contributed by atoms with Crippen LogP contribution in [-0.2, 0) is 61.1 Å². The second kappa shape index (κ2) is 28.2. The fraction of sp³-hybridized carbons (Fsp3) is 0.444. The monoisotopic (exact) mass is 998 g/mol. The molecule has 2 unspecified atom stereocenters. The van der Waals surface area contributed by atoms with Gasteiger partial charge in [-0.1, -0.05) is 111 Å². The Morgan fingerprint density at radius 1 is 0.514 bits per heavy atom. The highest BCUT2D eigenvalue weighted by Gasteiger charge is 2.51. The van der Waals surface area contributed by atoms with E-state index in [0.29, 0.717) is 75.2 Å². The molecule has 18 nitrogen and oxygen atoms in total. The number of likely N-dealkylation sites (tertiary alicyclic amines) is 2. The van der Waals surface area contributed by atoms with Gasteiger partial charge in [-0.25, -0.2) is 29.3 Å². The molecule has 4 aromatic rings. The number of carbonyl (C=O) groups excluding carboxylic acids is 4. The standard InChI is InChI=1S/2C26H34N2O5.C2H2O4/c2*1-20(22-10-6-5-7-11-22)18-27-16-14-26(15-17-27,25(30)32-4)28(21(2)29)33-19-23-12-8-9-13-24(23)31-3;3-1(4)2(5)6/h2*5-13,20H,14-19H2,1-4H3;(H,3,4)(H,5,6). The molecule has 2 aliphatic rings. The van der Waals surface area contributed by atoms with Crippen molar-refractivity contribution in [3.8, 4) is 11.5 Å². The quantitative estimate of drug-likeness (QED) is 0.0601. The Hall–Kier alpha value is -6.86. The number of piperidine rings is 2. The van der Waals surface area contributed by atoms with E-state index < -0.39 is 35.0 Å². The maximum absolute atomic E-state index is 13.0.